The highest BCUT2D eigenvalue weighted by molar-refractivity contribution is 7.17. The second-order valence-corrected chi connectivity index (χ2v) is 8.58. The smallest absolute Gasteiger partial charge is 0.267 e. The van der Waals surface area contributed by atoms with Crippen LogP contribution in [0.4, 0.5) is 5.69 Å². The number of carbonyl (C=O) groups excluding carboxylic acids is 1. The molecule has 0 radical (unpaired) electrons. The predicted octanol–water partition coefficient (Wildman–Crippen LogP) is 6.05. The molecule has 0 unspecified atom stereocenters. The quantitative estimate of drug-likeness (QED) is 0.329. The third-order valence-corrected chi connectivity index (χ3v) is 6.23. The van der Waals surface area contributed by atoms with Crippen LogP contribution < -0.4 is 10.1 Å². The molecule has 0 saturated carbocycles. The Hall–Kier alpha value is -4.30. The van der Waals surface area contributed by atoms with Crippen molar-refractivity contribution in [3.05, 3.63) is 102 Å². The lowest BCUT2D eigenvalue weighted by atomic mass is 10.2. The maximum Gasteiger partial charge on any atom is 0.267 e. The Kier molecular flexibility index (Phi) is 5.88. The van der Waals surface area contributed by atoms with E-state index in [9.17, 15) is 4.79 Å². The molecule has 8 heteroatoms. The van der Waals surface area contributed by atoms with Gasteiger partial charge in [0, 0.05) is 29.7 Å². The fourth-order valence-electron chi connectivity index (χ4n) is 3.42. The summed E-state index contributed by atoms with van der Waals surface area (Å²) in [7, 11) is 0. The number of ether oxygens (including phenoxy) is 1. The number of anilines is 1. The second-order valence-electron chi connectivity index (χ2n) is 7.58. The van der Waals surface area contributed by atoms with Crippen molar-refractivity contribution in [2.24, 2.45) is 0 Å². The lowest BCUT2D eigenvalue weighted by Crippen LogP contribution is -2.11. The Labute approximate surface area is 200 Å². The number of nitrogens with one attached hydrogen (secondary N) is 1. The van der Waals surface area contributed by atoms with Crippen molar-refractivity contribution in [2.75, 3.05) is 5.32 Å². The van der Waals surface area contributed by atoms with Crippen molar-refractivity contribution in [2.45, 2.75) is 13.8 Å². The normalized spacial score (nSPS) is 10.8. The summed E-state index contributed by atoms with van der Waals surface area (Å²) < 4.78 is 7.82. The van der Waals surface area contributed by atoms with Gasteiger partial charge in [0.15, 0.2) is 0 Å². The van der Waals surface area contributed by atoms with Crippen LogP contribution in [-0.4, -0.2) is 25.4 Å². The van der Waals surface area contributed by atoms with Crippen LogP contribution in [0.1, 0.15) is 21.2 Å². The molecule has 1 amide bonds. The van der Waals surface area contributed by atoms with Gasteiger partial charge in [-0.15, -0.1) is 11.3 Å². The number of hydrogen-bond donors (Lipinski definition) is 1. The summed E-state index contributed by atoms with van der Waals surface area (Å²) in [5.74, 6) is 2.20. The van der Waals surface area contributed by atoms with Gasteiger partial charge in [-0.3, -0.25) is 4.79 Å². The average Bonchev–Trinajstić information content (AvgIpc) is 3.51. The molecule has 0 spiro atoms. The first kappa shape index (κ1) is 21.5. The van der Waals surface area contributed by atoms with Crippen LogP contribution in [0.25, 0.3) is 16.4 Å². The molecule has 0 fully saturated rings. The van der Waals surface area contributed by atoms with E-state index in [4.69, 9.17) is 4.74 Å². The summed E-state index contributed by atoms with van der Waals surface area (Å²) in [6.45, 7) is 3.67. The molecule has 0 saturated heterocycles. The van der Waals surface area contributed by atoms with Gasteiger partial charge in [0.1, 0.15) is 27.3 Å². The fourth-order valence-corrected chi connectivity index (χ4v) is 4.39. The third-order valence-electron chi connectivity index (χ3n) is 5.03. The van der Waals surface area contributed by atoms with Gasteiger partial charge in [-0.1, -0.05) is 30.3 Å². The number of carbonyl (C=O) groups is 1. The van der Waals surface area contributed by atoms with E-state index in [2.05, 4.69) is 20.3 Å². The molecule has 3 heterocycles. The van der Waals surface area contributed by atoms with E-state index in [-0.39, 0.29) is 5.91 Å². The molecule has 34 heavy (non-hydrogen) atoms. The van der Waals surface area contributed by atoms with Crippen molar-refractivity contribution < 1.29 is 9.53 Å². The largest absolute Gasteiger partial charge is 0.439 e. The van der Waals surface area contributed by atoms with Crippen LogP contribution in [0.2, 0.25) is 0 Å². The van der Waals surface area contributed by atoms with E-state index < -0.39 is 0 Å². The zero-order valence-electron chi connectivity index (χ0n) is 18.6. The minimum atomic E-state index is -0.186. The van der Waals surface area contributed by atoms with Crippen LogP contribution in [-0.2, 0) is 0 Å². The lowest BCUT2D eigenvalue weighted by molar-refractivity contribution is 0.103. The lowest BCUT2D eigenvalue weighted by Gasteiger charge is -2.09. The van der Waals surface area contributed by atoms with Crippen LogP contribution >= 0.6 is 11.3 Å². The number of hydrogen-bond acceptors (Lipinski definition) is 6. The van der Waals surface area contributed by atoms with E-state index in [0.717, 1.165) is 16.4 Å². The van der Waals surface area contributed by atoms with Gasteiger partial charge in [0.2, 0.25) is 5.88 Å². The van der Waals surface area contributed by atoms with Crippen molar-refractivity contribution in [1.29, 1.82) is 0 Å². The Morgan fingerprint density at radius 1 is 0.912 bits per heavy atom. The molecule has 1 N–H and O–H groups in total. The molecule has 0 atom stereocenters. The van der Waals surface area contributed by atoms with Crippen molar-refractivity contribution in [1.82, 2.24) is 19.5 Å². The summed E-state index contributed by atoms with van der Waals surface area (Å²) in [6, 6.07) is 22.7. The number of thiazole rings is 1. The Morgan fingerprint density at radius 3 is 2.38 bits per heavy atom. The fraction of sp³-hybridized carbons (Fsp3) is 0.0769. The first-order valence-electron chi connectivity index (χ1n) is 10.7. The maximum atomic E-state index is 12.9. The van der Waals surface area contributed by atoms with Gasteiger partial charge in [-0.25, -0.2) is 9.97 Å². The van der Waals surface area contributed by atoms with E-state index in [1.807, 2.05) is 73.3 Å². The zero-order chi connectivity index (χ0) is 23.5. The van der Waals surface area contributed by atoms with Crippen molar-refractivity contribution >= 4 is 22.9 Å². The van der Waals surface area contributed by atoms with Gasteiger partial charge in [0.05, 0.1) is 5.69 Å². The van der Waals surface area contributed by atoms with Crippen LogP contribution in [0.15, 0.2) is 85.2 Å². The van der Waals surface area contributed by atoms with Crippen LogP contribution in [0.3, 0.4) is 0 Å². The summed E-state index contributed by atoms with van der Waals surface area (Å²) in [4.78, 5) is 26.8. The van der Waals surface area contributed by atoms with Gasteiger partial charge < -0.3 is 14.6 Å². The molecule has 7 nitrogen and oxygen atoms in total. The molecule has 0 bridgehead atoms. The molecule has 2 aromatic carbocycles. The number of aromatic nitrogens is 4. The summed E-state index contributed by atoms with van der Waals surface area (Å²) in [6.07, 6.45) is 3.83. The zero-order valence-corrected chi connectivity index (χ0v) is 19.4. The molecule has 3 aromatic heterocycles. The maximum absolute atomic E-state index is 12.9. The van der Waals surface area contributed by atoms with E-state index in [1.54, 1.807) is 30.3 Å². The number of aryl methyl sites for hydroxylation is 2. The van der Waals surface area contributed by atoms with E-state index in [1.165, 1.54) is 11.3 Å². The number of benzene rings is 2. The summed E-state index contributed by atoms with van der Waals surface area (Å²) >= 11 is 1.38. The van der Waals surface area contributed by atoms with Gasteiger partial charge in [0.25, 0.3) is 5.91 Å². The molecule has 0 aliphatic carbocycles. The van der Waals surface area contributed by atoms with Gasteiger partial charge in [-0.05, 0) is 50.2 Å². The molecular weight excluding hydrogens is 446 g/mol. The minimum Gasteiger partial charge on any atom is -0.439 e. The highest BCUT2D eigenvalue weighted by atomic mass is 32.1. The van der Waals surface area contributed by atoms with Gasteiger partial charge >= 0.3 is 0 Å². The molecule has 5 rings (SSSR count). The van der Waals surface area contributed by atoms with Gasteiger partial charge in [-0.2, -0.15) is 4.98 Å². The summed E-state index contributed by atoms with van der Waals surface area (Å²) in [5, 5.41) is 3.76. The molecule has 5 aromatic rings. The third kappa shape index (κ3) is 4.72. The molecule has 0 aliphatic heterocycles. The minimum absolute atomic E-state index is 0.186. The van der Waals surface area contributed by atoms with Crippen LogP contribution in [0, 0.1) is 13.8 Å². The Bertz CT molecular complexity index is 1430. The Morgan fingerprint density at radius 2 is 1.65 bits per heavy atom. The molecule has 0 aliphatic rings. The van der Waals surface area contributed by atoms with E-state index >= 15 is 0 Å². The number of rotatable bonds is 6. The monoisotopic (exact) mass is 467 g/mol. The SMILES string of the molecule is Cc1nc(Oc2ccc(NC(=O)c3sc(-c4ccccc4)nc3C)cc2)cc(-n2cccc2)n1. The highest BCUT2D eigenvalue weighted by Gasteiger charge is 2.16. The van der Waals surface area contributed by atoms with E-state index in [0.29, 0.717) is 33.7 Å². The molecular formula is C26H21N5O2S. The average molecular weight is 468 g/mol. The number of amides is 1. The van der Waals surface area contributed by atoms with Crippen LogP contribution in [0.5, 0.6) is 11.6 Å². The van der Waals surface area contributed by atoms with Crippen molar-refractivity contribution in [3.63, 3.8) is 0 Å². The predicted molar refractivity (Wildman–Crippen MR) is 133 cm³/mol. The second kappa shape index (κ2) is 9.29. The standard InChI is InChI=1S/C26H21N5O2S/c1-17-24(34-26(27-17)19-8-4-3-5-9-19)25(32)30-20-10-12-21(13-11-20)33-23-16-22(28-18(2)29-23)31-14-6-7-15-31/h3-16H,1-2H3,(H,30,32). The first-order chi connectivity index (χ1) is 16.5. The first-order valence-corrected chi connectivity index (χ1v) is 11.5. The van der Waals surface area contributed by atoms with Crippen molar-refractivity contribution in [3.8, 4) is 28.0 Å². The Balaban J connectivity index is 1.28. The highest BCUT2D eigenvalue weighted by Crippen LogP contribution is 2.29. The topological polar surface area (TPSA) is 81.9 Å². The molecule has 168 valence electrons. The summed E-state index contributed by atoms with van der Waals surface area (Å²) in [5.41, 5.74) is 2.37. The number of nitrogens with zero attached hydrogens (tertiary/aromatic N) is 4.